The normalized spacial score (nSPS) is 13.6. The molecule has 19 heavy (non-hydrogen) atoms. The van der Waals surface area contributed by atoms with Gasteiger partial charge in [0, 0.05) is 12.6 Å². The molecule has 0 rings (SSSR count). The standard InChI is InChI=1S/C14H25NO4/c1-10(2)12(13(17)19-14(3,4)5)15-9-7-8-11(16)18-6/h7-8,10,12,15H,9H2,1-6H3/t12-/m0/s1. The lowest BCUT2D eigenvalue weighted by Gasteiger charge is -2.26. The number of rotatable bonds is 6. The van der Waals surface area contributed by atoms with Crippen LogP contribution >= 0.6 is 0 Å². The summed E-state index contributed by atoms with van der Waals surface area (Å²) in [7, 11) is 1.32. The van der Waals surface area contributed by atoms with Crippen LogP contribution in [0.15, 0.2) is 12.2 Å². The van der Waals surface area contributed by atoms with Crippen LogP contribution in [0.25, 0.3) is 0 Å². The molecule has 0 aromatic heterocycles. The van der Waals surface area contributed by atoms with Crippen LogP contribution in [-0.2, 0) is 19.1 Å². The molecule has 0 saturated carbocycles. The zero-order valence-electron chi connectivity index (χ0n) is 12.6. The first-order valence-corrected chi connectivity index (χ1v) is 6.38. The molecule has 0 aliphatic carbocycles. The van der Waals surface area contributed by atoms with E-state index >= 15 is 0 Å². The van der Waals surface area contributed by atoms with Crippen LogP contribution in [0.1, 0.15) is 34.6 Å². The van der Waals surface area contributed by atoms with E-state index in [1.807, 2.05) is 34.6 Å². The van der Waals surface area contributed by atoms with E-state index in [4.69, 9.17) is 4.74 Å². The van der Waals surface area contributed by atoms with Crippen LogP contribution in [0, 0.1) is 5.92 Å². The molecule has 0 aromatic rings. The van der Waals surface area contributed by atoms with Crippen LogP contribution in [-0.4, -0.2) is 37.2 Å². The first-order chi connectivity index (χ1) is 8.67. The topological polar surface area (TPSA) is 64.6 Å². The first kappa shape index (κ1) is 17.6. The fraction of sp³-hybridized carbons (Fsp3) is 0.714. The molecule has 5 nitrogen and oxygen atoms in total. The fourth-order valence-corrected chi connectivity index (χ4v) is 1.37. The summed E-state index contributed by atoms with van der Waals surface area (Å²) in [6.07, 6.45) is 2.94. The number of nitrogens with one attached hydrogen (secondary N) is 1. The molecule has 0 aliphatic rings. The number of ether oxygens (including phenoxy) is 2. The van der Waals surface area contributed by atoms with Gasteiger partial charge in [-0.15, -0.1) is 0 Å². The van der Waals surface area contributed by atoms with Gasteiger partial charge in [-0.25, -0.2) is 4.79 Å². The van der Waals surface area contributed by atoms with Gasteiger partial charge in [-0.05, 0) is 26.7 Å². The van der Waals surface area contributed by atoms with Crippen molar-refractivity contribution in [1.29, 1.82) is 0 Å². The lowest BCUT2D eigenvalue weighted by molar-refractivity contribution is -0.158. The van der Waals surface area contributed by atoms with E-state index in [1.165, 1.54) is 13.2 Å². The van der Waals surface area contributed by atoms with Crippen LogP contribution in [0.5, 0.6) is 0 Å². The third-order valence-corrected chi connectivity index (χ3v) is 2.24. The molecule has 5 heteroatoms. The van der Waals surface area contributed by atoms with E-state index < -0.39 is 17.6 Å². The lowest BCUT2D eigenvalue weighted by atomic mass is 10.0. The van der Waals surface area contributed by atoms with E-state index in [-0.39, 0.29) is 11.9 Å². The summed E-state index contributed by atoms with van der Waals surface area (Å²) < 4.78 is 9.82. The Morgan fingerprint density at radius 1 is 1.26 bits per heavy atom. The third kappa shape index (κ3) is 8.37. The fourth-order valence-electron chi connectivity index (χ4n) is 1.37. The zero-order chi connectivity index (χ0) is 15.1. The molecule has 0 fully saturated rings. The van der Waals surface area contributed by atoms with E-state index in [1.54, 1.807) is 6.08 Å². The van der Waals surface area contributed by atoms with Crippen molar-refractivity contribution in [3.63, 3.8) is 0 Å². The van der Waals surface area contributed by atoms with Gasteiger partial charge >= 0.3 is 11.9 Å². The van der Waals surface area contributed by atoms with Crippen LogP contribution < -0.4 is 5.32 Å². The van der Waals surface area contributed by atoms with E-state index in [0.717, 1.165) is 0 Å². The predicted molar refractivity (Wildman–Crippen MR) is 73.6 cm³/mol. The molecule has 0 saturated heterocycles. The van der Waals surface area contributed by atoms with Crippen molar-refractivity contribution < 1.29 is 19.1 Å². The maximum Gasteiger partial charge on any atom is 0.330 e. The van der Waals surface area contributed by atoms with Gasteiger partial charge in [-0.3, -0.25) is 4.79 Å². The molecule has 0 radical (unpaired) electrons. The summed E-state index contributed by atoms with van der Waals surface area (Å²) in [5.74, 6) is -0.601. The number of carbonyl (C=O) groups is 2. The molecule has 0 bridgehead atoms. The molecule has 0 aliphatic heterocycles. The summed E-state index contributed by atoms with van der Waals surface area (Å²) in [6, 6.07) is -0.401. The molecule has 110 valence electrons. The van der Waals surface area contributed by atoms with Gasteiger partial charge in [-0.2, -0.15) is 0 Å². The summed E-state index contributed by atoms with van der Waals surface area (Å²) in [5, 5.41) is 3.05. The number of hydrogen-bond donors (Lipinski definition) is 1. The first-order valence-electron chi connectivity index (χ1n) is 6.38. The van der Waals surface area contributed by atoms with Crippen molar-refractivity contribution in [2.45, 2.75) is 46.3 Å². The second kappa shape index (κ2) is 7.94. The number of methoxy groups -OCH3 is 1. The predicted octanol–water partition coefficient (Wildman–Crippen LogP) is 1.67. The Morgan fingerprint density at radius 3 is 2.26 bits per heavy atom. The Morgan fingerprint density at radius 2 is 1.84 bits per heavy atom. The van der Waals surface area contributed by atoms with Crippen LogP contribution in [0.2, 0.25) is 0 Å². The number of hydrogen-bond acceptors (Lipinski definition) is 5. The highest BCUT2D eigenvalue weighted by atomic mass is 16.6. The average Bonchev–Trinajstić information content (AvgIpc) is 2.25. The Kier molecular flexibility index (Phi) is 7.37. The summed E-state index contributed by atoms with van der Waals surface area (Å²) >= 11 is 0. The molecule has 0 aromatic carbocycles. The van der Waals surface area contributed by atoms with Crippen molar-refractivity contribution in [2.75, 3.05) is 13.7 Å². The highest BCUT2D eigenvalue weighted by Crippen LogP contribution is 2.12. The Labute approximate surface area is 115 Å². The zero-order valence-corrected chi connectivity index (χ0v) is 12.6. The van der Waals surface area contributed by atoms with Gasteiger partial charge < -0.3 is 14.8 Å². The van der Waals surface area contributed by atoms with Crippen molar-refractivity contribution in [3.8, 4) is 0 Å². The summed E-state index contributed by atoms with van der Waals surface area (Å²) in [6.45, 7) is 9.77. The van der Waals surface area contributed by atoms with Gasteiger partial charge in [0.15, 0.2) is 0 Å². The molecule has 0 spiro atoms. The second-order valence-electron chi connectivity index (χ2n) is 5.59. The number of esters is 2. The minimum absolute atomic E-state index is 0.0985. The highest BCUT2D eigenvalue weighted by Gasteiger charge is 2.26. The minimum atomic E-state index is -0.506. The van der Waals surface area contributed by atoms with Crippen molar-refractivity contribution >= 4 is 11.9 Å². The molecule has 0 heterocycles. The summed E-state index contributed by atoms with van der Waals surface area (Å²) in [4.78, 5) is 22.9. The number of carbonyl (C=O) groups excluding carboxylic acids is 2. The Hall–Kier alpha value is -1.36. The van der Waals surface area contributed by atoms with Gasteiger partial charge in [0.1, 0.15) is 11.6 Å². The van der Waals surface area contributed by atoms with Crippen molar-refractivity contribution in [1.82, 2.24) is 5.32 Å². The van der Waals surface area contributed by atoms with Crippen LogP contribution in [0.4, 0.5) is 0 Å². The van der Waals surface area contributed by atoms with Crippen molar-refractivity contribution in [2.24, 2.45) is 5.92 Å². The van der Waals surface area contributed by atoms with Gasteiger partial charge in [0.25, 0.3) is 0 Å². The molecular formula is C14H25NO4. The van der Waals surface area contributed by atoms with E-state index in [2.05, 4.69) is 10.1 Å². The third-order valence-electron chi connectivity index (χ3n) is 2.24. The molecule has 0 amide bonds. The Balaban J connectivity index is 4.39. The largest absolute Gasteiger partial charge is 0.466 e. The van der Waals surface area contributed by atoms with E-state index in [0.29, 0.717) is 6.54 Å². The average molecular weight is 271 g/mol. The summed E-state index contributed by atoms with van der Waals surface area (Å²) in [5.41, 5.74) is -0.506. The SMILES string of the molecule is COC(=O)C=CCN[C@H](C(=O)OC(C)(C)C)C(C)C. The Bertz CT molecular complexity index is 329. The maximum atomic E-state index is 12.0. The molecular weight excluding hydrogens is 246 g/mol. The van der Waals surface area contributed by atoms with Gasteiger partial charge in [0.05, 0.1) is 7.11 Å². The van der Waals surface area contributed by atoms with Gasteiger partial charge in [-0.1, -0.05) is 19.9 Å². The molecule has 0 unspecified atom stereocenters. The minimum Gasteiger partial charge on any atom is -0.466 e. The van der Waals surface area contributed by atoms with Crippen molar-refractivity contribution in [3.05, 3.63) is 12.2 Å². The van der Waals surface area contributed by atoms with Gasteiger partial charge in [0.2, 0.25) is 0 Å². The van der Waals surface area contributed by atoms with E-state index in [9.17, 15) is 9.59 Å². The second-order valence-corrected chi connectivity index (χ2v) is 5.59. The lowest BCUT2D eigenvalue weighted by Crippen LogP contribution is -2.44. The molecule has 1 atom stereocenters. The highest BCUT2D eigenvalue weighted by molar-refractivity contribution is 5.81. The maximum absolute atomic E-state index is 12.0. The monoisotopic (exact) mass is 271 g/mol. The smallest absolute Gasteiger partial charge is 0.330 e. The molecule has 1 N–H and O–H groups in total. The van der Waals surface area contributed by atoms with Crippen LogP contribution in [0.3, 0.4) is 0 Å². The quantitative estimate of drug-likeness (QED) is 0.588.